The van der Waals surface area contributed by atoms with Crippen LogP contribution in [0.2, 0.25) is 0 Å². The molecule has 0 atom stereocenters. The summed E-state index contributed by atoms with van der Waals surface area (Å²) in [7, 11) is 0. The van der Waals surface area contributed by atoms with Crippen molar-refractivity contribution in [1.82, 2.24) is 20.2 Å². The normalized spacial score (nSPS) is 11.4. The molecule has 1 aromatic heterocycles. The molecule has 0 saturated carbocycles. The highest BCUT2D eigenvalue weighted by atomic mass is 79.9. The Labute approximate surface area is 237 Å². The highest BCUT2D eigenvalue weighted by Crippen LogP contribution is 2.43. The van der Waals surface area contributed by atoms with E-state index >= 15 is 0 Å². The molecule has 0 bridgehead atoms. The van der Waals surface area contributed by atoms with E-state index in [9.17, 15) is 0 Å². The summed E-state index contributed by atoms with van der Waals surface area (Å²) in [5.41, 5.74) is 6.92. The number of halogens is 1. The lowest BCUT2D eigenvalue weighted by Crippen LogP contribution is -2.39. The van der Waals surface area contributed by atoms with Crippen molar-refractivity contribution >= 4 is 15.9 Å². The molecular weight excluding hydrogens is 544 g/mol. The number of nitrogens with zero attached hydrogens (tertiary/aromatic N) is 4. The number of aryl methyl sites for hydroxylation is 1. The number of tetrazole rings is 1. The lowest BCUT2D eigenvalue weighted by Gasteiger charge is -2.36. The summed E-state index contributed by atoms with van der Waals surface area (Å²) < 4.78 is 1.99. The number of hydrogen-bond acceptors (Lipinski definition) is 3. The third kappa shape index (κ3) is 4.59. The van der Waals surface area contributed by atoms with Crippen LogP contribution in [0.1, 0.15) is 22.3 Å². The van der Waals surface area contributed by atoms with Crippen molar-refractivity contribution < 1.29 is 0 Å². The van der Waals surface area contributed by atoms with Gasteiger partial charge in [0.25, 0.3) is 0 Å². The summed E-state index contributed by atoms with van der Waals surface area (Å²) in [6.45, 7) is 0. The molecule has 0 aliphatic carbocycles. The fourth-order valence-corrected chi connectivity index (χ4v) is 5.83. The van der Waals surface area contributed by atoms with Crippen LogP contribution in [-0.2, 0) is 12.0 Å². The third-order valence-corrected chi connectivity index (χ3v) is 7.57. The smallest absolute Gasteiger partial charge is 0.184 e. The second-order valence-corrected chi connectivity index (χ2v) is 10.2. The van der Waals surface area contributed by atoms with Gasteiger partial charge in [0, 0.05) is 10.9 Å². The van der Waals surface area contributed by atoms with Crippen LogP contribution in [-0.4, -0.2) is 25.5 Å². The predicted octanol–water partition coefficient (Wildman–Crippen LogP) is 7.78. The molecule has 190 valence electrons. The minimum absolute atomic E-state index is 0.701. The molecule has 0 N–H and O–H groups in total. The lowest BCUT2D eigenvalue weighted by molar-refractivity contribution is 0.451. The molecule has 5 heteroatoms. The van der Waals surface area contributed by atoms with Crippen molar-refractivity contribution in [2.75, 3.05) is 5.33 Å². The number of rotatable bonds is 8. The topological polar surface area (TPSA) is 43.6 Å². The van der Waals surface area contributed by atoms with Crippen LogP contribution in [0.3, 0.4) is 0 Å². The molecule has 0 spiro atoms. The van der Waals surface area contributed by atoms with Gasteiger partial charge in [-0.3, -0.25) is 0 Å². The number of hydrogen-bond donors (Lipinski definition) is 0. The molecule has 0 radical (unpaired) electrons. The Hall–Kier alpha value is -4.35. The Balaban J connectivity index is 1.63. The van der Waals surface area contributed by atoms with Crippen molar-refractivity contribution in [1.29, 1.82) is 0 Å². The molecule has 0 saturated heterocycles. The van der Waals surface area contributed by atoms with Crippen LogP contribution in [0.5, 0.6) is 0 Å². The second-order valence-electron chi connectivity index (χ2n) is 9.40. The van der Waals surface area contributed by atoms with Gasteiger partial charge in [0.1, 0.15) is 5.54 Å². The van der Waals surface area contributed by atoms with Crippen LogP contribution in [0, 0.1) is 0 Å². The van der Waals surface area contributed by atoms with Gasteiger partial charge in [0.15, 0.2) is 5.82 Å². The zero-order valence-corrected chi connectivity index (χ0v) is 22.9. The molecule has 6 rings (SSSR count). The van der Waals surface area contributed by atoms with Crippen molar-refractivity contribution in [3.8, 4) is 22.5 Å². The third-order valence-electron chi connectivity index (χ3n) is 7.18. The Kier molecular flexibility index (Phi) is 7.15. The first-order chi connectivity index (χ1) is 19.3. The number of benzene rings is 5. The van der Waals surface area contributed by atoms with Gasteiger partial charge in [-0.15, -0.1) is 5.10 Å². The molecule has 6 aromatic rings. The average molecular weight is 572 g/mol. The summed E-state index contributed by atoms with van der Waals surface area (Å²) in [6.07, 6.45) is 0.994. The minimum Gasteiger partial charge on any atom is -0.205 e. The molecule has 4 nitrogen and oxygen atoms in total. The summed E-state index contributed by atoms with van der Waals surface area (Å²) in [4.78, 5) is 0. The van der Waals surface area contributed by atoms with Gasteiger partial charge in [-0.2, -0.15) is 0 Å². The molecule has 0 unspecified atom stereocenters. The predicted molar refractivity (Wildman–Crippen MR) is 161 cm³/mol. The Morgan fingerprint density at radius 3 is 1.56 bits per heavy atom. The Bertz CT molecular complexity index is 1550. The van der Waals surface area contributed by atoms with E-state index in [4.69, 9.17) is 5.21 Å². The monoisotopic (exact) mass is 570 g/mol. The highest BCUT2D eigenvalue weighted by molar-refractivity contribution is 9.09. The number of aromatic nitrogens is 4. The molecule has 5 aromatic carbocycles. The summed E-state index contributed by atoms with van der Waals surface area (Å²) in [6, 6.07) is 48.6. The van der Waals surface area contributed by atoms with Crippen LogP contribution < -0.4 is 0 Å². The Morgan fingerprint density at radius 1 is 0.564 bits per heavy atom. The molecule has 39 heavy (non-hydrogen) atoms. The molecular formula is C34H27BrN4. The van der Waals surface area contributed by atoms with Crippen LogP contribution >= 0.6 is 15.9 Å². The second kappa shape index (κ2) is 11.2. The van der Waals surface area contributed by atoms with Crippen LogP contribution in [0.25, 0.3) is 22.5 Å². The first-order valence-electron chi connectivity index (χ1n) is 13.0. The van der Waals surface area contributed by atoms with E-state index in [0.29, 0.717) is 5.82 Å². The van der Waals surface area contributed by atoms with E-state index in [1.807, 2.05) is 28.9 Å². The van der Waals surface area contributed by atoms with Gasteiger partial charge in [0.05, 0.1) is 0 Å². The molecule has 1 heterocycles. The maximum atomic E-state index is 4.72. The average Bonchev–Trinajstić information content (AvgIpc) is 3.50. The van der Waals surface area contributed by atoms with Crippen molar-refractivity contribution in [3.05, 3.63) is 162 Å². The molecule has 0 aliphatic rings. The van der Waals surface area contributed by atoms with Gasteiger partial charge in [-0.05, 0) is 50.2 Å². The largest absolute Gasteiger partial charge is 0.205 e. The molecule has 0 amide bonds. The zero-order chi connectivity index (χ0) is 26.5. The fraction of sp³-hybridized carbons (Fsp3) is 0.0882. The van der Waals surface area contributed by atoms with E-state index in [0.717, 1.165) is 45.1 Å². The molecule has 0 aliphatic heterocycles. The van der Waals surface area contributed by atoms with Crippen LogP contribution in [0.15, 0.2) is 140 Å². The van der Waals surface area contributed by atoms with Crippen molar-refractivity contribution in [2.45, 2.75) is 12.0 Å². The van der Waals surface area contributed by atoms with Gasteiger partial charge in [-0.1, -0.05) is 155 Å². The van der Waals surface area contributed by atoms with Gasteiger partial charge in [-0.25, -0.2) is 4.68 Å². The summed E-state index contributed by atoms with van der Waals surface area (Å²) in [5, 5.41) is 14.6. The van der Waals surface area contributed by atoms with Gasteiger partial charge in [0.2, 0.25) is 0 Å². The maximum Gasteiger partial charge on any atom is 0.184 e. The van der Waals surface area contributed by atoms with E-state index in [1.165, 1.54) is 5.56 Å². The highest BCUT2D eigenvalue weighted by Gasteiger charge is 2.42. The van der Waals surface area contributed by atoms with Gasteiger partial charge < -0.3 is 0 Å². The summed E-state index contributed by atoms with van der Waals surface area (Å²) >= 11 is 3.55. The first kappa shape index (κ1) is 25.0. The number of alkyl halides is 1. The lowest BCUT2D eigenvalue weighted by atomic mass is 9.77. The van der Waals surface area contributed by atoms with E-state index in [-0.39, 0.29) is 0 Å². The van der Waals surface area contributed by atoms with E-state index < -0.39 is 5.54 Å². The van der Waals surface area contributed by atoms with E-state index in [1.54, 1.807) is 0 Å². The first-order valence-corrected chi connectivity index (χ1v) is 14.1. The van der Waals surface area contributed by atoms with Crippen molar-refractivity contribution in [3.63, 3.8) is 0 Å². The molecule has 0 fully saturated rings. The fourth-order valence-electron chi connectivity index (χ4n) is 5.38. The SMILES string of the molecule is BrCCc1ccc(-c2ccccc2-c2nnnn2C(c2ccccc2)(c2ccccc2)c2ccccc2)cc1. The maximum absolute atomic E-state index is 4.72. The quantitative estimate of drug-likeness (QED) is 0.138. The summed E-state index contributed by atoms with van der Waals surface area (Å²) in [5.74, 6) is 0.701. The van der Waals surface area contributed by atoms with E-state index in [2.05, 4.69) is 142 Å². The zero-order valence-electron chi connectivity index (χ0n) is 21.4. The van der Waals surface area contributed by atoms with Gasteiger partial charge >= 0.3 is 0 Å². The van der Waals surface area contributed by atoms with Crippen LogP contribution in [0.4, 0.5) is 0 Å². The Morgan fingerprint density at radius 2 is 1.05 bits per heavy atom. The minimum atomic E-state index is -0.796. The van der Waals surface area contributed by atoms with Crippen molar-refractivity contribution in [2.24, 2.45) is 0 Å². The standard InChI is InChI=1S/C34H27BrN4/c35-25-24-26-20-22-27(23-21-26)31-18-10-11-19-32(31)33-36-37-38-39(33)34(28-12-4-1-5-13-28,29-14-6-2-7-15-29)30-16-8-3-9-17-30/h1-23H,24-25H2.